The van der Waals surface area contributed by atoms with Crippen molar-refractivity contribution < 1.29 is 12.9 Å². The molecule has 0 N–H and O–H groups in total. The Morgan fingerprint density at radius 2 is 1.79 bits per heavy atom. The number of nitrogens with zero attached hydrogens (tertiary/aromatic N) is 4. The minimum atomic E-state index is -3.46. The first-order chi connectivity index (χ1) is 14.0. The van der Waals surface area contributed by atoms with E-state index in [0.717, 1.165) is 51.6 Å². The van der Waals surface area contributed by atoms with Crippen LogP contribution in [0.2, 0.25) is 0 Å². The second kappa shape index (κ2) is 8.93. The minimum Gasteiger partial charge on any atom is -0.338 e. The first-order valence-electron chi connectivity index (χ1n) is 10.6. The van der Waals surface area contributed by atoms with Crippen LogP contribution in [0.1, 0.15) is 50.2 Å². The Hall–Kier alpha value is -1.77. The van der Waals surface area contributed by atoms with Gasteiger partial charge in [0.25, 0.3) is 0 Å². The molecule has 0 radical (unpaired) electrons. The van der Waals surface area contributed by atoms with E-state index in [-0.39, 0.29) is 6.04 Å². The largest absolute Gasteiger partial charge is 0.338 e. The molecule has 1 aromatic carbocycles. The van der Waals surface area contributed by atoms with Gasteiger partial charge in [0.1, 0.15) is 0 Å². The molecule has 2 fully saturated rings. The summed E-state index contributed by atoms with van der Waals surface area (Å²) in [6, 6.07) is 8.99. The van der Waals surface area contributed by atoms with Crippen LogP contribution in [0.5, 0.6) is 0 Å². The summed E-state index contributed by atoms with van der Waals surface area (Å²) in [6.45, 7) is 4.99. The lowest BCUT2D eigenvalue weighted by molar-refractivity contribution is 0.115. The monoisotopic (exact) mass is 418 g/mol. The molecule has 29 heavy (non-hydrogen) atoms. The van der Waals surface area contributed by atoms with Crippen LogP contribution in [-0.4, -0.2) is 53.4 Å². The van der Waals surface area contributed by atoms with Crippen molar-refractivity contribution in [3.05, 3.63) is 42.0 Å². The van der Waals surface area contributed by atoms with E-state index in [4.69, 9.17) is 4.52 Å². The molecule has 0 bridgehead atoms. The van der Waals surface area contributed by atoms with E-state index >= 15 is 0 Å². The molecule has 2 aromatic rings. The maximum absolute atomic E-state index is 13.4. The predicted molar refractivity (Wildman–Crippen MR) is 110 cm³/mol. The summed E-state index contributed by atoms with van der Waals surface area (Å²) in [4.78, 5) is 7.04. The van der Waals surface area contributed by atoms with Gasteiger partial charge < -0.3 is 4.52 Å². The van der Waals surface area contributed by atoms with Gasteiger partial charge >= 0.3 is 0 Å². The number of benzene rings is 1. The lowest BCUT2D eigenvalue weighted by Gasteiger charge is -2.39. The third-order valence-corrected chi connectivity index (χ3v) is 8.14. The number of hydrogen-bond acceptors (Lipinski definition) is 6. The van der Waals surface area contributed by atoms with Crippen molar-refractivity contribution >= 4 is 10.0 Å². The van der Waals surface area contributed by atoms with E-state index in [1.54, 1.807) is 24.3 Å². The average molecular weight is 419 g/mol. The highest BCUT2D eigenvalue weighted by Crippen LogP contribution is 2.33. The van der Waals surface area contributed by atoms with Gasteiger partial charge in [-0.15, -0.1) is 0 Å². The van der Waals surface area contributed by atoms with E-state index in [1.807, 2.05) is 17.3 Å². The highest BCUT2D eigenvalue weighted by molar-refractivity contribution is 7.89. The molecule has 0 aliphatic carbocycles. The molecule has 8 heteroatoms. The van der Waals surface area contributed by atoms with E-state index in [0.29, 0.717) is 35.6 Å². The van der Waals surface area contributed by atoms with Crippen molar-refractivity contribution in [2.45, 2.75) is 62.9 Å². The molecule has 7 nitrogen and oxygen atoms in total. The third kappa shape index (κ3) is 4.70. The van der Waals surface area contributed by atoms with Gasteiger partial charge in [0.15, 0.2) is 5.82 Å². The molecule has 1 atom stereocenters. The quantitative estimate of drug-likeness (QED) is 0.742. The third-order valence-electron chi connectivity index (χ3n) is 6.20. The molecule has 3 heterocycles. The Bertz CT molecular complexity index is 892. The molecule has 2 aliphatic heterocycles. The maximum Gasteiger partial charge on any atom is 0.243 e. The van der Waals surface area contributed by atoms with Crippen LogP contribution < -0.4 is 0 Å². The fourth-order valence-electron chi connectivity index (χ4n) is 4.70. The molecule has 4 rings (SSSR count). The number of aromatic nitrogens is 2. The summed E-state index contributed by atoms with van der Waals surface area (Å²) < 4.78 is 33.8. The molecular formula is C21H30N4O3S. The number of rotatable bonds is 5. The average Bonchev–Trinajstić information content (AvgIpc) is 2.99. The molecular weight excluding hydrogens is 388 g/mol. The molecule has 2 saturated heterocycles. The molecule has 0 amide bonds. The number of likely N-dealkylation sites (tertiary alicyclic amines) is 1. The highest BCUT2D eigenvalue weighted by atomic mass is 32.2. The topological polar surface area (TPSA) is 79.5 Å². The normalized spacial score (nSPS) is 23.1. The molecule has 1 unspecified atom stereocenters. The van der Waals surface area contributed by atoms with Crippen molar-refractivity contribution in [3.8, 4) is 0 Å². The van der Waals surface area contributed by atoms with E-state index < -0.39 is 10.0 Å². The number of sulfonamides is 1. The standard InChI is InChI=1S/C21H30N4O3S/c1-17-22-21(28-23-17)16-24-14-11-18(12-15-24)20-10-6-3-7-13-25(20)29(26,27)19-8-4-2-5-9-19/h2,4-5,8-9,18,20H,3,6-7,10-16H2,1H3. The second-order valence-electron chi connectivity index (χ2n) is 8.19. The Morgan fingerprint density at radius 3 is 2.48 bits per heavy atom. The molecule has 158 valence electrons. The summed E-state index contributed by atoms with van der Waals surface area (Å²) in [5.74, 6) is 1.71. The van der Waals surface area contributed by atoms with Crippen LogP contribution in [0.15, 0.2) is 39.8 Å². The van der Waals surface area contributed by atoms with Gasteiger partial charge in [-0.2, -0.15) is 9.29 Å². The zero-order valence-corrected chi connectivity index (χ0v) is 17.9. The molecule has 0 saturated carbocycles. The van der Waals surface area contributed by atoms with Crippen molar-refractivity contribution in [2.75, 3.05) is 19.6 Å². The van der Waals surface area contributed by atoms with Crippen LogP contribution >= 0.6 is 0 Å². The Balaban J connectivity index is 1.45. The van der Waals surface area contributed by atoms with Crippen molar-refractivity contribution in [1.82, 2.24) is 19.3 Å². The fourth-order valence-corrected chi connectivity index (χ4v) is 6.47. The van der Waals surface area contributed by atoms with Gasteiger partial charge in [-0.25, -0.2) is 8.42 Å². The maximum atomic E-state index is 13.4. The fraction of sp³-hybridized carbons (Fsp3) is 0.619. The van der Waals surface area contributed by atoms with Crippen LogP contribution in [0.3, 0.4) is 0 Å². The Labute approximate surface area is 173 Å². The van der Waals surface area contributed by atoms with Gasteiger partial charge in [-0.1, -0.05) is 36.2 Å². The SMILES string of the molecule is Cc1noc(CN2CCC(C3CCCCCN3S(=O)(=O)c3ccccc3)CC2)n1. The molecule has 1 aromatic heterocycles. The van der Waals surface area contributed by atoms with Crippen molar-refractivity contribution in [1.29, 1.82) is 0 Å². The highest BCUT2D eigenvalue weighted by Gasteiger charge is 2.38. The second-order valence-corrected chi connectivity index (χ2v) is 10.1. The number of aryl methyl sites for hydroxylation is 1. The Morgan fingerprint density at radius 1 is 1.03 bits per heavy atom. The number of hydrogen-bond donors (Lipinski definition) is 0. The van der Waals surface area contributed by atoms with Crippen LogP contribution in [-0.2, 0) is 16.6 Å². The summed E-state index contributed by atoms with van der Waals surface area (Å²) in [6.07, 6.45) is 6.11. The molecule has 2 aliphatic rings. The summed E-state index contributed by atoms with van der Waals surface area (Å²) >= 11 is 0. The first-order valence-corrected chi connectivity index (χ1v) is 12.1. The van der Waals surface area contributed by atoms with Crippen molar-refractivity contribution in [3.63, 3.8) is 0 Å². The Kier molecular flexibility index (Phi) is 6.32. The van der Waals surface area contributed by atoms with Gasteiger partial charge in [0.2, 0.25) is 15.9 Å². The first kappa shape index (κ1) is 20.5. The lowest BCUT2D eigenvalue weighted by Crippen LogP contribution is -2.47. The lowest BCUT2D eigenvalue weighted by atomic mass is 9.87. The summed E-state index contributed by atoms with van der Waals surface area (Å²) in [5.41, 5.74) is 0. The smallest absolute Gasteiger partial charge is 0.243 e. The molecule has 0 spiro atoms. The predicted octanol–water partition coefficient (Wildman–Crippen LogP) is 3.22. The van der Waals surface area contributed by atoms with Gasteiger partial charge in [-0.3, -0.25) is 4.90 Å². The minimum absolute atomic E-state index is 0.0931. The summed E-state index contributed by atoms with van der Waals surface area (Å²) in [7, 11) is -3.46. The van der Waals surface area contributed by atoms with E-state index in [9.17, 15) is 8.42 Å². The van der Waals surface area contributed by atoms with Crippen LogP contribution in [0.25, 0.3) is 0 Å². The zero-order chi connectivity index (χ0) is 20.3. The van der Waals surface area contributed by atoms with E-state index in [1.165, 1.54) is 0 Å². The van der Waals surface area contributed by atoms with E-state index in [2.05, 4.69) is 15.0 Å². The van der Waals surface area contributed by atoms with Crippen LogP contribution in [0.4, 0.5) is 0 Å². The van der Waals surface area contributed by atoms with Gasteiger partial charge in [0.05, 0.1) is 11.4 Å². The summed E-state index contributed by atoms with van der Waals surface area (Å²) in [5, 5.41) is 3.86. The van der Waals surface area contributed by atoms with Gasteiger partial charge in [-0.05, 0) is 63.7 Å². The van der Waals surface area contributed by atoms with Crippen LogP contribution in [0, 0.1) is 12.8 Å². The number of piperidine rings is 1. The zero-order valence-electron chi connectivity index (χ0n) is 17.0. The van der Waals surface area contributed by atoms with Crippen molar-refractivity contribution in [2.24, 2.45) is 5.92 Å². The van der Waals surface area contributed by atoms with Gasteiger partial charge in [0, 0.05) is 12.6 Å².